The van der Waals surface area contributed by atoms with E-state index >= 15 is 0 Å². The number of hydrogen-bond donors (Lipinski definition) is 1. The number of β-amino-alcohol motifs (C(OH)–C–C–N with tert-alkyl or cyclic N) is 1. The van der Waals surface area contributed by atoms with Crippen LogP contribution in [-0.4, -0.2) is 63.6 Å². The first kappa shape index (κ1) is 16.5. The first-order valence-corrected chi connectivity index (χ1v) is 7.60. The number of hydrogen-bond acceptors (Lipinski definition) is 3. The highest BCUT2D eigenvalue weighted by molar-refractivity contribution is 5.94. The Hall–Kier alpha value is -1.82. The maximum absolute atomic E-state index is 12.6. The predicted octanol–water partition coefficient (Wildman–Crippen LogP) is 0.908. The second-order valence-electron chi connectivity index (χ2n) is 6.85. The highest BCUT2D eigenvalue weighted by Gasteiger charge is 2.27. The van der Waals surface area contributed by atoms with E-state index in [-0.39, 0.29) is 30.4 Å². The van der Waals surface area contributed by atoms with Crippen molar-refractivity contribution in [1.82, 2.24) is 14.4 Å². The molecule has 0 radical (unpaired) electrons. The largest absolute Gasteiger partial charge is 0.389 e. The van der Waals surface area contributed by atoms with Crippen molar-refractivity contribution >= 4 is 11.8 Å². The number of amides is 2. The van der Waals surface area contributed by atoms with Gasteiger partial charge in [-0.25, -0.2) is 0 Å². The Labute approximate surface area is 131 Å². The van der Waals surface area contributed by atoms with Crippen LogP contribution in [0, 0.1) is 0 Å². The number of aliphatic hydroxyl groups is 1. The van der Waals surface area contributed by atoms with Gasteiger partial charge in [0.2, 0.25) is 5.91 Å². The third-order valence-electron chi connectivity index (χ3n) is 3.95. The van der Waals surface area contributed by atoms with Crippen molar-refractivity contribution < 1.29 is 14.7 Å². The van der Waals surface area contributed by atoms with Gasteiger partial charge >= 0.3 is 0 Å². The molecule has 122 valence electrons. The second-order valence-corrected chi connectivity index (χ2v) is 6.85. The lowest BCUT2D eigenvalue weighted by Crippen LogP contribution is -2.37. The lowest BCUT2D eigenvalue weighted by Gasteiger charge is -2.22. The van der Waals surface area contributed by atoms with Crippen molar-refractivity contribution in [2.75, 3.05) is 26.2 Å². The summed E-state index contributed by atoms with van der Waals surface area (Å²) >= 11 is 0. The molecule has 1 fully saturated rings. The van der Waals surface area contributed by atoms with Crippen LogP contribution >= 0.6 is 0 Å². The van der Waals surface area contributed by atoms with Crippen LogP contribution in [-0.2, 0) is 10.3 Å². The summed E-state index contributed by atoms with van der Waals surface area (Å²) in [6.45, 7) is 9.12. The Morgan fingerprint density at radius 3 is 2.32 bits per heavy atom. The first-order chi connectivity index (χ1) is 10.2. The Kier molecular flexibility index (Phi) is 4.60. The fourth-order valence-electron chi connectivity index (χ4n) is 2.58. The van der Waals surface area contributed by atoms with E-state index in [0.717, 1.165) is 0 Å². The second kappa shape index (κ2) is 6.12. The zero-order valence-corrected chi connectivity index (χ0v) is 13.7. The monoisotopic (exact) mass is 307 g/mol. The van der Waals surface area contributed by atoms with Gasteiger partial charge in [0.1, 0.15) is 0 Å². The van der Waals surface area contributed by atoms with Gasteiger partial charge in [0.15, 0.2) is 0 Å². The van der Waals surface area contributed by atoms with Gasteiger partial charge in [0.05, 0.1) is 11.7 Å². The van der Waals surface area contributed by atoms with Crippen LogP contribution in [0.25, 0.3) is 0 Å². The van der Waals surface area contributed by atoms with E-state index in [0.29, 0.717) is 18.7 Å². The number of aromatic nitrogens is 1. The maximum atomic E-state index is 12.6. The zero-order chi connectivity index (χ0) is 16.5. The molecule has 0 spiro atoms. The van der Waals surface area contributed by atoms with Gasteiger partial charge in [-0.3, -0.25) is 9.59 Å². The minimum atomic E-state index is -0.708. The smallest absolute Gasteiger partial charge is 0.255 e. The Balaban J connectivity index is 2.12. The zero-order valence-electron chi connectivity index (χ0n) is 13.7. The van der Waals surface area contributed by atoms with E-state index in [4.69, 9.17) is 0 Å². The fraction of sp³-hybridized carbons (Fsp3) is 0.625. The fourth-order valence-corrected chi connectivity index (χ4v) is 2.58. The molecule has 22 heavy (non-hydrogen) atoms. The van der Waals surface area contributed by atoms with E-state index in [1.54, 1.807) is 15.9 Å². The first-order valence-electron chi connectivity index (χ1n) is 7.60. The quantitative estimate of drug-likeness (QED) is 0.838. The maximum Gasteiger partial charge on any atom is 0.255 e. The van der Waals surface area contributed by atoms with Gasteiger partial charge in [0, 0.05) is 51.0 Å². The van der Waals surface area contributed by atoms with Crippen LogP contribution in [0.1, 0.15) is 38.1 Å². The molecule has 0 unspecified atom stereocenters. The summed E-state index contributed by atoms with van der Waals surface area (Å²) in [5.41, 5.74) is 0.529. The molecule has 6 heteroatoms. The number of carbonyl (C=O) groups excluding carboxylic acids is 2. The Bertz CT molecular complexity index is 559. The molecule has 0 aliphatic carbocycles. The molecule has 0 bridgehead atoms. The number of carbonyl (C=O) groups is 2. The van der Waals surface area contributed by atoms with Gasteiger partial charge in [-0.1, -0.05) is 0 Å². The molecule has 1 atom stereocenters. The normalized spacial score (nSPS) is 20.0. The average Bonchev–Trinajstić information content (AvgIpc) is 2.82. The van der Waals surface area contributed by atoms with Gasteiger partial charge in [-0.2, -0.15) is 0 Å². The van der Waals surface area contributed by atoms with Crippen molar-refractivity contribution in [2.45, 2.75) is 39.3 Å². The van der Waals surface area contributed by atoms with Gasteiger partial charge in [0.25, 0.3) is 5.91 Å². The van der Waals surface area contributed by atoms with Crippen LogP contribution in [0.15, 0.2) is 18.5 Å². The molecular formula is C16H25N3O3. The minimum absolute atomic E-state index is 0.0766. The molecular weight excluding hydrogens is 282 g/mol. The third kappa shape index (κ3) is 3.68. The van der Waals surface area contributed by atoms with E-state index < -0.39 is 6.10 Å². The van der Waals surface area contributed by atoms with E-state index in [2.05, 4.69) is 20.8 Å². The number of rotatable bonds is 1. The molecule has 1 aromatic heterocycles. The summed E-state index contributed by atoms with van der Waals surface area (Å²) in [6.07, 6.45) is 3.02. The molecule has 2 amide bonds. The van der Waals surface area contributed by atoms with Crippen LogP contribution in [0.5, 0.6) is 0 Å². The summed E-state index contributed by atoms with van der Waals surface area (Å²) < 4.78 is 2.00. The molecule has 1 aliphatic rings. The number of aliphatic hydroxyl groups excluding tert-OH is 1. The predicted molar refractivity (Wildman–Crippen MR) is 83.6 cm³/mol. The third-order valence-corrected chi connectivity index (χ3v) is 3.95. The van der Waals surface area contributed by atoms with Crippen LogP contribution < -0.4 is 0 Å². The topological polar surface area (TPSA) is 65.8 Å². The van der Waals surface area contributed by atoms with E-state index in [1.807, 2.05) is 17.0 Å². The average molecular weight is 307 g/mol. The molecule has 1 N–H and O–H groups in total. The molecule has 2 heterocycles. The molecule has 0 aromatic carbocycles. The SMILES string of the molecule is CC(=O)N1CCN(C(=O)c2ccn(C(C)(C)C)c2)C[C@@H](O)C1. The molecule has 1 saturated heterocycles. The van der Waals surface area contributed by atoms with E-state index in [1.165, 1.54) is 6.92 Å². The van der Waals surface area contributed by atoms with Crippen LogP contribution in [0.3, 0.4) is 0 Å². The van der Waals surface area contributed by atoms with Crippen LogP contribution in [0.4, 0.5) is 0 Å². The van der Waals surface area contributed by atoms with Gasteiger partial charge in [-0.05, 0) is 26.8 Å². The highest BCUT2D eigenvalue weighted by atomic mass is 16.3. The standard InChI is InChI=1S/C16H25N3O3/c1-12(20)17-7-8-18(11-14(21)10-17)15(22)13-5-6-19(9-13)16(2,3)4/h5-6,9,14,21H,7-8,10-11H2,1-4H3/t14-/m0/s1. The Morgan fingerprint density at radius 2 is 1.77 bits per heavy atom. The lowest BCUT2D eigenvalue weighted by molar-refractivity contribution is -0.129. The minimum Gasteiger partial charge on any atom is -0.389 e. The summed E-state index contributed by atoms with van der Waals surface area (Å²) in [5, 5.41) is 10.0. The van der Waals surface area contributed by atoms with Crippen LogP contribution in [0.2, 0.25) is 0 Å². The van der Waals surface area contributed by atoms with E-state index in [9.17, 15) is 14.7 Å². The van der Waals surface area contributed by atoms with Crippen molar-refractivity contribution in [2.24, 2.45) is 0 Å². The molecule has 0 saturated carbocycles. The van der Waals surface area contributed by atoms with Crippen molar-refractivity contribution in [1.29, 1.82) is 0 Å². The summed E-state index contributed by atoms with van der Waals surface area (Å²) in [5.74, 6) is -0.181. The summed E-state index contributed by atoms with van der Waals surface area (Å²) in [7, 11) is 0. The number of nitrogens with zero attached hydrogens (tertiary/aromatic N) is 3. The van der Waals surface area contributed by atoms with Crippen molar-refractivity contribution in [3.8, 4) is 0 Å². The molecule has 1 aliphatic heterocycles. The summed E-state index contributed by atoms with van der Waals surface area (Å²) in [4.78, 5) is 27.3. The summed E-state index contributed by atoms with van der Waals surface area (Å²) in [6, 6.07) is 1.80. The molecule has 1 aromatic rings. The Morgan fingerprint density at radius 1 is 1.18 bits per heavy atom. The molecule has 2 rings (SSSR count). The van der Waals surface area contributed by atoms with Gasteiger partial charge in [-0.15, -0.1) is 0 Å². The van der Waals surface area contributed by atoms with Crippen molar-refractivity contribution in [3.05, 3.63) is 24.0 Å². The molecule has 6 nitrogen and oxygen atoms in total. The highest BCUT2D eigenvalue weighted by Crippen LogP contribution is 2.17. The lowest BCUT2D eigenvalue weighted by atomic mass is 10.1. The van der Waals surface area contributed by atoms with Crippen molar-refractivity contribution in [3.63, 3.8) is 0 Å². The van der Waals surface area contributed by atoms with Gasteiger partial charge < -0.3 is 19.5 Å².